The molecular weight excluding hydrogens is 301 g/mol. The van der Waals surface area contributed by atoms with E-state index in [-0.39, 0.29) is 5.56 Å². The first-order chi connectivity index (χ1) is 9.59. The molecule has 112 valence electrons. The van der Waals surface area contributed by atoms with E-state index in [1.807, 2.05) is 0 Å². The van der Waals surface area contributed by atoms with Crippen molar-refractivity contribution in [3.8, 4) is 11.1 Å². The molecule has 0 unspecified atom stereocenters. The van der Waals surface area contributed by atoms with Gasteiger partial charge in [-0.05, 0) is 35.9 Å². The molecule has 0 bridgehead atoms. The zero-order valence-corrected chi connectivity index (χ0v) is 10.2. The standard InChI is InChI=1S/C14H7F7/c15-12-5-4-10(14(19,20)21)7-11(12)8-2-1-3-9(6-8)13(16,17)18/h1-7H. The summed E-state index contributed by atoms with van der Waals surface area (Å²) in [5.74, 6) is -1.03. The molecule has 0 saturated heterocycles. The van der Waals surface area contributed by atoms with E-state index in [0.29, 0.717) is 24.3 Å². The van der Waals surface area contributed by atoms with Crippen molar-refractivity contribution >= 4 is 0 Å². The number of hydrogen-bond donors (Lipinski definition) is 0. The molecule has 0 aliphatic carbocycles. The lowest BCUT2D eigenvalue weighted by molar-refractivity contribution is -0.138. The molecular formula is C14H7F7. The van der Waals surface area contributed by atoms with Crippen molar-refractivity contribution in [1.82, 2.24) is 0 Å². The third-order valence-corrected chi connectivity index (χ3v) is 2.79. The Kier molecular flexibility index (Phi) is 3.69. The molecule has 21 heavy (non-hydrogen) atoms. The zero-order valence-electron chi connectivity index (χ0n) is 10.2. The van der Waals surface area contributed by atoms with Gasteiger partial charge >= 0.3 is 12.4 Å². The predicted molar refractivity (Wildman–Crippen MR) is 61.8 cm³/mol. The monoisotopic (exact) mass is 308 g/mol. The van der Waals surface area contributed by atoms with Gasteiger partial charge in [0.15, 0.2) is 0 Å². The maximum absolute atomic E-state index is 13.6. The normalized spacial score (nSPS) is 12.5. The number of alkyl halides is 6. The van der Waals surface area contributed by atoms with Crippen LogP contribution in [0.25, 0.3) is 11.1 Å². The lowest BCUT2D eigenvalue weighted by Gasteiger charge is -2.12. The van der Waals surface area contributed by atoms with Gasteiger partial charge in [-0.25, -0.2) is 4.39 Å². The second kappa shape index (κ2) is 5.05. The van der Waals surface area contributed by atoms with Crippen molar-refractivity contribution in [2.24, 2.45) is 0 Å². The minimum Gasteiger partial charge on any atom is -0.206 e. The number of hydrogen-bond acceptors (Lipinski definition) is 0. The van der Waals surface area contributed by atoms with Crippen LogP contribution >= 0.6 is 0 Å². The molecule has 0 spiro atoms. The second-order valence-corrected chi connectivity index (χ2v) is 4.27. The van der Waals surface area contributed by atoms with E-state index < -0.39 is 34.9 Å². The van der Waals surface area contributed by atoms with Crippen LogP contribution in [-0.2, 0) is 12.4 Å². The average molecular weight is 308 g/mol. The van der Waals surface area contributed by atoms with E-state index in [1.165, 1.54) is 0 Å². The quantitative estimate of drug-likeness (QED) is 0.608. The molecule has 0 nitrogen and oxygen atoms in total. The Hall–Kier alpha value is -2.05. The first kappa shape index (κ1) is 15.3. The molecule has 0 aliphatic heterocycles. The number of benzene rings is 2. The van der Waals surface area contributed by atoms with Gasteiger partial charge in [-0.1, -0.05) is 12.1 Å². The van der Waals surface area contributed by atoms with Gasteiger partial charge in [0.25, 0.3) is 0 Å². The Morgan fingerprint density at radius 2 is 1.24 bits per heavy atom. The predicted octanol–water partition coefficient (Wildman–Crippen LogP) is 5.53. The maximum Gasteiger partial charge on any atom is 0.416 e. The zero-order chi connectivity index (χ0) is 15.8. The Morgan fingerprint density at radius 3 is 1.81 bits per heavy atom. The lowest BCUT2D eigenvalue weighted by atomic mass is 10.00. The number of halogens is 7. The summed E-state index contributed by atoms with van der Waals surface area (Å²) in [6.07, 6.45) is -9.36. The summed E-state index contributed by atoms with van der Waals surface area (Å²) in [4.78, 5) is 0. The summed E-state index contributed by atoms with van der Waals surface area (Å²) in [6.45, 7) is 0. The van der Waals surface area contributed by atoms with Gasteiger partial charge in [-0.2, -0.15) is 26.3 Å². The van der Waals surface area contributed by atoms with Gasteiger partial charge in [-0.15, -0.1) is 0 Å². The van der Waals surface area contributed by atoms with Crippen LogP contribution in [0, 0.1) is 5.82 Å². The van der Waals surface area contributed by atoms with Crippen molar-refractivity contribution < 1.29 is 30.7 Å². The molecule has 2 aromatic rings. The summed E-state index contributed by atoms with van der Waals surface area (Å²) >= 11 is 0. The van der Waals surface area contributed by atoms with Gasteiger partial charge in [0.1, 0.15) is 5.82 Å². The van der Waals surface area contributed by atoms with E-state index in [1.54, 1.807) is 0 Å². The van der Waals surface area contributed by atoms with Crippen LogP contribution in [0.2, 0.25) is 0 Å². The lowest BCUT2D eigenvalue weighted by Crippen LogP contribution is -2.06. The highest BCUT2D eigenvalue weighted by Gasteiger charge is 2.32. The Balaban J connectivity index is 2.57. The Bertz CT molecular complexity index is 653. The second-order valence-electron chi connectivity index (χ2n) is 4.27. The van der Waals surface area contributed by atoms with Crippen molar-refractivity contribution in [3.05, 3.63) is 59.4 Å². The molecule has 7 heteroatoms. The van der Waals surface area contributed by atoms with Crippen molar-refractivity contribution in [1.29, 1.82) is 0 Å². The molecule has 0 saturated carbocycles. The minimum atomic E-state index is -4.70. The summed E-state index contributed by atoms with van der Waals surface area (Å²) < 4.78 is 89.1. The minimum absolute atomic E-state index is 0.270. The fraction of sp³-hybridized carbons (Fsp3) is 0.143. The average Bonchev–Trinajstić information content (AvgIpc) is 2.37. The molecule has 0 fully saturated rings. The highest BCUT2D eigenvalue weighted by molar-refractivity contribution is 5.66. The Labute approximate surface area is 114 Å². The molecule has 0 aliphatic rings. The summed E-state index contributed by atoms with van der Waals surface area (Å²) in [5.41, 5.74) is -2.99. The van der Waals surface area contributed by atoms with E-state index in [2.05, 4.69) is 0 Å². The first-order valence-electron chi connectivity index (χ1n) is 5.63. The van der Waals surface area contributed by atoms with Crippen LogP contribution in [0.1, 0.15) is 11.1 Å². The summed E-state index contributed by atoms with van der Waals surface area (Å²) in [7, 11) is 0. The van der Waals surface area contributed by atoms with Crippen LogP contribution < -0.4 is 0 Å². The molecule has 0 radical (unpaired) electrons. The van der Waals surface area contributed by atoms with Gasteiger partial charge in [-0.3, -0.25) is 0 Å². The van der Waals surface area contributed by atoms with E-state index >= 15 is 0 Å². The Morgan fingerprint density at radius 1 is 0.667 bits per heavy atom. The van der Waals surface area contributed by atoms with Gasteiger partial charge in [0, 0.05) is 5.56 Å². The van der Waals surface area contributed by atoms with Gasteiger partial charge < -0.3 is 0 Å². The molecule has 2 rings (SSSR count). The van der Waals surface area contributed by atoms with Crippen LogP contribution in [0.3, 0.4) is 0 Å². The van der Waals surface area contributed by atoms with Crippen molar-refractivity contribution in [2.75, 3.05) is 0 Å². The fourth-order valence-corrected chi connectivity index (χ4v) is 1.79. The molecule has 2 aromatic carbocycles. The molecule has 0 atom stereocenters. The van der Waals surface area contributed by atoms with Gasteiger partial charge in [0.05, 0.1) is 11.1 Å². The molecule has 0 aromatic heterocycles. The van der Waals surface area contributed by atoms with Crippen LogP contribution in [0.4, 0.5) is 30.7 Å². The fourth-order valence-electron chi connectivity index (χ4n) is 1.79. The van der Waals surface area contributed by atoms with Crippen LogP contribution in [-0.4, -0.2) is 0 Å². The largest absolute Gasteiger partial charge is 0.416 e. The molecule has 0 N–H and O–H groups in total. The van der Waals surface area contributed by atoms with E-state index in [4.69, 9.17) is 0 Å². The third-order valence-electron chi connectivity index (χ3n) is 2.79. The van der Waals surface area contributed by atoms with Crippen molar-refractivity contribution in [3.63, 3.8) is 0 Å². The highest BCUT2D eigenvalue weighted by atomic mass is 19.4. The maximum atomic E-state index is 13.6. The number of rotatable bonds is 1. The smallest absolute Gasteiger partial charge is 0.206 e. The third kappa shape index (κ3) is 3.34. The highest BCUT2D eigenvalue weighted by Crippen LogP contribution is 2.36. The van der Waals surface area contributed by atoms with E-state index in [0.717, 1.165) is 18.2 Å². The molecule has 0 heterocycles. The summed E-state index contributed by atoms with van der Waals surface area (Å²) in [5, 5.41) is 0. The van der Waals surface area contributed by atoms with Gasteiger partial charge in [0.2, 0.25) is 0 Å². The van der Waals surface area contributed by atoms with Crippen LogP contribution in [0.15, 0.2) is 42.5 Å². The topological polar surface area (TPSA) is 0 Å². The van der Waals surface area contributed by atoms with Crippen molar-refractivity contribution in [2.45, 2.75) is 12.4 Å². The van der Waals surface area contributed by atoms with E-state index in [9.17, 15) is 30.7 Å². The summed E-state index contributed by atoms with van der Waals surface area (Å²) in [6, 6.07) is 5.11. The molecule has 0 amide bonds. The first-order valence-corrected chi connectivity index (χ1v) is 5.63. The van der Waals surface area contributed by atoms with Crippen LogP contribution in [0.5, 0.6) is 0 Å². The SMILES string of the molecule is Fc1ccc(C(F)(F)F)cc1-c1cccc(C(F)(F)F)c1.